The normalized spacial score (nSPS) is 10.9. The van der Waals surface area contributed by atoms with Crippen LogP contribution in [0.25, 0.3) is 11.0 Å². The van der Waals surface area contributed by atoms with Gasteiger partial charge in [0.2, 0.25) is 5.95 Å². The van der Waals surface area contributed by atoms with E-state index in [-0.39, 0.29) is 0 Å². The molecule has 0 atom stereocenters. The van der Waals surface area contributed by atoms with Gasteiger partial charge in [-0.25, -0.2) is 15.0 Å². The highest BCUT2D eigenvalue weighted by molar-refractivity contribution is 6.31. The second-order valence-corrected chi connectivity index (χ2v) is 6.10. The van der Waals surface area contributed by atoms with Crippen molar-refractivity contribution >= 4 is 28.6 Å². The summed E-state index contributed by atoms with van der Waals surface area (Å²) in [5.74, 6) is 0.601. The van der Waals surface area contributed by atoms with E-state index in [9.17, 15) is 0 Å². The largest absolute Gasteiger partial charge is 0.350 e. The molecule has 0 unspecified atom stereocenters. The van der Waals surface area contributed by atoms with E-state index in [2.05, 4.69) is 30.2 Å². The molecule has 7 heteroatoms. The molecule has 0 aliphatic heterocycles. The van der Waals surface area contributed by atoms with Gasteiger partial charge in [-0.3, -0.25) is 4.98 Å². The molecule has 0 saturated heterocycles. The van der Waals surface area contributed by atoms with Gasteiger partial charge in [-0.1, -0.05) is 11.6 Å². The molecule has 2 N–H and O–H groups in total. The fourth-order valence-corrected chi connectivity index (χ4v) is 2.78. The number of aromatic amines is 1. The first-order valence-corrected chi connectivity index (χ1v) is 8.21. The van der Waals surface area contributed by atoms with Gasteiger partial charge in [0.15, 0.2) is 0 Å². The highest BCUT2D eigenvalue weighted by Crippen LogP contribution is 2.22. The van der Waals surface area contributed by atoms with Gasteiger partial charge in [0.25, 0.3) is 0 Å². The van der Waals surface area contributed by atoms with Crippen LogP contribution in [0, 0.1) is 0 Å². The predicted molar refractivity (Wildman–Crippen MR) is 97.5 cm³/mol. The molecule has 0 aliphatic carbocycles. The van der Waals surface area contributed by atoms with Crippen LogP contribution >= 0.6 is 11.6 Å². The third-order valence-electron chi connectivity index (χ3n) is 3.88. The molecule has 124 valence electrons. The third-order valence-corrected chi connectivity index (χ3v) is 4.09. The number of nitrogens with one attached hydrogen (secondary N) is 2. The quantitative estimate of drug-likeness (QED) is 0.575. The summed E-state index contributed by atoms with van der Waals surface area (Å²) in [6.07, 6.45) is 11.5. The van der Waals surface area contributed by atoms with E-state index >= 15 is 0 Å². The van der Waals surface area contributed by atoms with Crippen molar-refractivity contribution in [2.75, 3.05) is 5.32 Å². The minimum atomic E-state index is 0.601. The first kappa shape index (κ1) is 15.5. The number of hydrogen-bond donors (Lipinski definition) is 2. The summed E-state index contributed by atoms with van der Waals surface area (Å²) in [7, 11) is 0. The van der Waals surface area contributed by atoms with E-state index in [0.29, 0.717) is 23.9 Å². The number of pyridine rings is 2. The van der Waals surface area contributed by atoms with Crippen LogP contribution in [0.15, 0.2) is 55.4 Å². The van der Waals surface area contributed by atoms with Gasteiger partial charge < -0.3 is 10.3 Å². The van der Waals surface area contributed by atoms with E-state index in [1.165, 1.54) is 0 Å². The van der Waals surface area contributed by atoms with Crippen molar-refractivity contribution in [2.24, 2.45) is 0 Å². The van der Waals surface area contributed by atoms with E-state index in [0.717, 1.165) is 27.7 Å². The lowest BCUT2D eigenvalue weighted by molar-refractivity contribution is 1.02. The van der Waals surface area contributed by atoms with E-state index < -0.39 is 0 Å². The topological polar surface area (TPSA) is 79.4 Å². The van der Waals surface area contributed by atoms with Gasteiger partial charge >= 0.3 is 0 Å². The minimum absolute atomic E-state index is 0.601. The number of aromatic nitrogens is 5. The van der Waals surface area contributed by atoms with Gasteiger partial charge in [-0.15, -0.1) is 0 Å². The molecule has 0 fully saturated rings. The highest BCUT2D eigenvalue weighted by atomic mass is 35.5. The summed E-state index contributed by atoms with van der Waals surface area (Å²) < 4.78 is 0. The van der Waals surface area contributed by atoms with Crippen molar-refractivity contribution < 1.29 is 0 Å². The number of anilines is 1. The van der Waals surface area contributed by atoms with Crippen LogP contribution in [0.1, 0.15) is 16.7 Å². The van der Waals surface area contributed by atoms with Gasteiger partial charge in [0.1, 0.15) is 5.65 Å². The standard InChI is InChI=1S/C18H15ClN6/c19-15-6-16-14(10-21-17(16)22-11-15)5-13-8-24-18(25-9-13)23-7-12-1-3-20-4-2-12/h1-4,6,8-11H,5,7H2,(H,21,22)(H,23,24,25). The van der Waals surface area contributed by atoms with Gasteiger partial charge in [0, 0.05) is 55.5 Å². The Morgan fingerprint density at radius 1 is 1.00 bits per heavy atom. The van der Waals surface area contributed by atoms with Crippen molar-refractivity contribution in [3.8, 4) is 0 Å². The SMILES string of the molecule is Clc1cnc2[nH]cc(Cc3cnc(NCc4ccncc4)nc3)c2c1. The van der Waals surface area contributed by atoms with Crippen LogP contribution in [-0.4, -0.2) is 24.9 Å². The van der Waals surface area contributed by atoms with Gasteiger partial charge in [-0.05, 0) is 34.9 Å². The smallest absolute Gasteiger partial charge is 0.222 e. The molecule has 25 heavy (non-hydrogen) atoms. The molecule has 4 aromatic heterocycles. The van der Waals surface area contributed by atoms with Gasteiger partial charge in [0.05, 0.1) is 5.02 Å². The monoisotopic (exact) mass is 350 g/mol. The zero-order chi connectivity index (χ0) is 17.1. The number of rotatable bonds is 5. The molecule has 4 rings (SSSR count). The molecular formula is C18H15ClN6. The van der Waals surface area contributed by atoms with Crippen molar-refractivity contribution in [2.45, 2.75) is 13.0 Å². The van der Waals surface area contributed by atoms with Crippen molar-refractivity contribution in [3.63, 3.8) is 0 Å². The predicted octanol–water partition coefficient (Wildman–Crippen LogP) is 3.60. The number of fused-ring (bicyclic) bond motifs is 1. The summed E-state index contributed by atoms with van der Waals surface area (Å²) in [5, 5.41) is 4.85. The number of nitrogens with zero attached hydrogens (tertiary/aromatic N) is 4. The maximum atomic E-state index is 6.04. The maximum absolute atomic E-state index is 6.04. The highest BCUT2D eigenvalue weighted by Gasteiger charge is 2.07. The molecule has 0 amide bonds. The fraction of sp³-hybridized carbons (Fsp3) is 0.111. The summed E-state index contributed by atoms with van der Waals surface area (Å²) in [4.78, 5) is 20.2. The lowest BCUT2D eigenvalue weighted by Gasteiger charge is -2.05. The Balaban J connectivity index is 1.45. The van der Waals surface area contributed by atoms with Crippen molar-refractivity contribution in [1.29, 1.82) is 0 Å². The molecule has 0 bridgehead atoms. The van der Waals surface area contributed by atoms with Crippen LogP contribution in [0.5, 0.6) is 0 Å². The first-order chi connectivity index (χ1) is 12.3. The molecule has 0 aromatic carbocycles. The maximum Gasteiger partial charge on any atom is 0.222 e. The Labute approximate surface area is 149 Å². The van der Waals surface area contributed by atoms with Crippen LogP contribution < -0.4 is 5.32 Å². The molecule has 0 saturated carbocycles. The Kier molecular flexibility index (Phi) is 4.26. The van der Waals surface area contributed by atoms with Crippen molar-refractivity contribution in [1.82, 2.24) is 24.9 Å². The van der Waals surface area contributed by atoms with E-state index in [1.54, 1.807) is 18.6 Å². The summed E-state index contributed by atoms with van der Waals surface area (Å²) in [5.41, 5.74) is 4.10. The van der Waals surface area contributed by atoms with Crippen LogP contribution in [0.3, 0.4) is 0 Å². The Morgan fingerprint density at radius 3 is 2.60 bits per heavy atom. The molecule has 6 nitrogen and oxygen atoms in total. The first-order valence-electron chi connectivity index (χ1n) is 7.83. The molecule has 4 aromatic rings. The lowest BCUT2D eigenvalue weighted by atomic mass is 10.1. The summed E-state index contributed by atoms with van der Waals surface area (Å²) >= 11 is 6.04. The van der Waals surface area contributed by atoms with Crippen LogP contribution in [-0.2, 0) is 13.0 Å². The molecule has 0 radical (unpaired) electrons. The lowest BCUT2D eigenvalue weighted by Crippen LogP contribution is -2.04. The Hall–Kier alpha value is -2.99. The second-order valence-electron chi connectivity index (χ2n) is 5.66. The zero-order valence-electron chi connectivity index (χ0n) is 13.3. The average molecular weight is 351 g/mol. The molecule has 0 aliphatic rings. The molecule has 4 heterocycles. The Bertz CT molecular complexity index is 982. The van der Waals surface area contributed by atoms with Gasteiger partial charge in [-0.2, -0.15) is 0 Å². The molecule has 0 spiro atoms. The zero-order valence-corrected chi connectivity index (χ0v) is 14.0. The van der Waals surface area contributed by atoms with Crippen LogP contribution in [0.4, 0.5) is 5.95 Å². The number of halogens is 1. The summed E-state index contributed by atoms with van der Waals surface area (Å²) in [6, 6.07) is 5.83. The minimum Gasteiger partial charge on any atom is -0.350 e. The molecular weight excluding hydrogens is 336 g/mol. The Morgan fingerprint density at radius 2 is 1.80 bits per heavy atom. The van der Waals surface area contributed by atoms with Crippen molar-refractivity contribution in [3.05, 3.63) is 77.1 Å². The second kappa shape index (κ2) is 6.86. The third kappa shape index (κ3) is 3.59. The van der Waals surface area contributed by atoms with E-state index in [1.807, 2.05) is 36.8 Å². The summed E-state index contributed by atoms with van der Waals surface area (Å²) in [6.45, 7) is 0.661. The van der Waals surface area contributed by atoms with Crippen LogP contribution in [0.2, 0.25) is 5.02 Å². The fourth-order valence-electron chi connectivity index (χ4n) is 2.62. The van der Waals surface area contributed by atoms with E-state index in [4.69, 9.17) is 11.6 Å². The number of H-pyrrole nitrogens is 1. The number of hydrogen-bond acceptors (Lipinski definition) is 5. The average Bonchev–Trinajstić information content (AvgIpc) is 3.04.